The van der Waals surface area contributed by atoms with E-state index in [1.54, 1.807) is 0 Å². The van der Waals surface area contributed by atoms with Gasteiger partial charge in [0.2, 0.25) is 0 Å². The van der Waals surface area contributed by atoms with Crippen LogP contribution in [0, 0.1) is 0 Å². The first-order valence-corrected chi connectivity index (χ1v) is 17.1. The summed E-state index contributed by atoms with van der Waals surface area (Å²) in [6.07, 6.45) is 0. The number of furan rings is 1. The van der Waals surface area contributed by atoms with Crippen LogP contribution in [0.15, 0.2) is 156 Å². The third kappa shape index (κ3) is 3.81. The van der Waals surface area contributed by atoms with E-state index in [0.717, 1.165) is 27.6 Å². The number of nitrogens with zero attached hydrogens (tertiary/aromatic N) is 1. The molecule has 0 radical (unpaired) electrons. The van der Waals surface area contributed by atoms with Crippen LogP contribution in [0.25, 0.3) is 73.4 Å². The lowest BCUT2D eigenvalue weighted by atomic mass is 10.0. The minimum Gasteiger partial charge on any atom is -0.456 e. The largest absolute Gasteiger partial charge is 0.456 e. The zero-order chi connectivity index (χ0) is 30.2. The van der Waals surface area contributed by atoms with Crippen molar-refractivity contribution in [1.29, 1.82) is 0 Å². The summed E-state index contributed by atoms with van der Waals surface area (Å²) in [6.45, 7) is 0. The number of benzene rings is 7. The van der Waals surface area contributed by atoms with Crippen LogP contribution in [-0.4, -0.2) is 0 Å². The summed E-state index contributed by atoms with van der Waals surface area (Å²) in [4.78, 5) is 2.47. The molecule has 0 aliphatic carbocycles. The summed E-state index contributed by atoms with van der Waals surface area (Å²) in [7, 11) is 0. The third-order valence-electron chi connectivity index (χ3n) is 9.07. The van der Waals surface area contributed by atoms with Crippen molar-refractivity contribution >= 4 is 102 Å². The van der Waals surface area contributed by atoms with Crippen LogP contribution in [0.5, 0.6) is 0 Å². The van der Waals surface area contributed by atoms with Crippen molar-refractivity contribution in [3.63, 3.8) is 0 Å². The molecule has 0 amide bonds. The first-order valence-electron chi connectivity index (χ1n) is 15.4. The SMILES string of the molecule is c1ccc(-c2cccc3c2sc2c(N(c4ccc5oc6ccccc6c5c4)c4cccc5sc6ccccc6c45)cccc23)cc1. The average Bonchev–Trinajstić information content (AvgIpc) is 3.80. The Morgan fingerprint density at radius 1 is 0.435 bits per heavy atom. The molecule has 0 N–H and O–H groups in total. The van der Waals surface area contributed by atoms with Crippen LogP contribution in [-0.2, 0) is 0 Å². The molecular weight excluding hydrogens is 599 g/mol. The molecule has 10 aromatic rings. The maximum absolute atomic E-state index is 6.26. The van der Waals surface area contributed by atoms with E-state index in [1.165, 1.54) is 62.8 Å². The van der Waals surface area contributed by atoms with Crippen LogP contribution in [0.1, 0.15) is 0 Å². The summed E-state index contributed by atoms with van der Waals surface area (Å²) in [5, 5.41) is 7.38. The van der Waals surface area contributed by atoms with E-state index in [0.29, 0.717) is 0 Å². The fourth-order valence-corrected chi connectivity index (χ4v) is 9.50. The van der Waals surface area contributed by atoms with E-state index in [4.69, 9.17) is 4.42 Å². The topological polar surface area (TPSA) is 16.4 Å². The van der Waals surface area contributed by atoms with Crippen LogP contribution in [0.3, 0.4) is 0 Å². The van der Waals surface area contributed by atoms with Crippen LogP contribution in [0.4, 0.5) is 17.1 Å². The minimum absolute atomic E-state index is 0.900. The minimum atomic E-state index is 0.900. The highest BCUT2D eigenvalue weighted by Gasteiger charge is 2.23. The van der Waals surface area contributed by atoms with E-state index >= 15 is 0 Å². The molecule has 2 nitrogen and oxygen atoms in total. The molecule has 3 aromatic heterocycles. The predicted molar refractivity (Wildman–Crippen MR) is 200 cm³/mol. The van der Waals surface area contributed by atoms with Gasteiger partial charge in [0.1, 0.15) is 11.2 Å². The lowest BCUT2D eigenvalue weighted by molar-refractivity contribution is 0.669. The summed E-state index contributed by atoms with van der Waals surface area (Å²) in [5.74, 6) is 0. The quantitative estimate of drug-likeness (QED) is 0.194. The normalized spacial score (nSPS) is 11.9. The molecule has 7 aromatic carbocycles. The van der Waals surface area contributed by atoms with Gasteiger partial charge in [0, 0.05) is 52.1 Å². The second-order valence-corrected chi connectivity index (χ2v) is 13.8. The van der Waals surface area contributed by atoms with E-state index in [2.05, 4.69) is 144 Å². The van der Waals surface area contributed by atoms with Gasteiger partial charge in [0.15, 0.2) is 0 Å². The molecule has 0 saturated heterocycles. The molecule has 0 aliphatic rings. The third-order valence-corrected chi connectivity index (χ3v) is 11.5. The first kappa shape index (κ1) is 25.9. The molecule has 0 aliphatic heterocycles. The Morgan fingerprint density at radius 2 is 1.11 bits per heavy atom. The first-order chi connectivity index (χ1) is 22.8. The molecule has 0 saturated carbocycles. The van der Waals surface area contributed by atoms with E-state index in [-0.39, 0.29) is 0 Å². The van der Waals surface area contributed by atoms with Gasteiger partial charge in [-0.15, -0.1) is 22.7 Å². The zero-order valence-electron chi connectivity index (χ0n) is 24.6. The lowest BCUT2D eigenvalue weighted by Crippen LogP contribution is -2.10. The van der Waals surface area contributed by atoms with Crippen molar-refractivity contribution in [3.8, 4) is 11.1 Å². The Kier molecular flexibility index (Phi) is 5.65. The molecule has 0 fully saturated rings. The number of thiophene rings is 2. The van der Waals surface area contributed by atoms with Gasteiger partial charge in [0.25, 0.3) is 0 Å². The highest BCUT2D eigenvalue weighted by molar-refractivity contribution is 7.27. The number of para-hydroxylation sites is 1. The Labute approximate surface area is 273 Å². The molecule has 0 atom stereocenters. The summed E-state index contributed by atoms with van der Waals surface area (Å²) < 4.78 is 11.4. The van der Waals surface area contributed by atoms with E-state index in [9.17, 15) is 0 Å². The van der Waals surface area contributed by atoms with Gasteiger partial charge in [-0.3, -0.25) is 0 Å². The highest BCUT2D eigenvalue weighted by Crippen LogP contribution is 2.50. The Balaban J connectivity index is 1.31. The number of rotatable bonds is 4. The summed E-state index contributed by atoms with van der Waals surface area (Å²) in [6, 6.07) is 54.7. The molecule has 3 heterocycles. The smallest absolute Gasteiger partial charge is 0.135 e. The van der Waals surface area contributed by atoms with Crippen molar-refractivity contribution in [1.82, 2.24) is 0 Å². The highest BCUT2D eigenvalue weighted by atomic mass is 32.1. The van der Waals surface area contributed by atoms with Crippen molar-refractivity contribution in [3.05, 3.63) is 152 Å². The molecule has 10 rings (SSSR count). The van der Waals surface area contributed by atoms with E-state index < -0.39 is 0 Å². The lowest BCUT2D eigenvalue weighted by Gasteiger charge is -2.27. The van der Waals surface area contributed by atoms with Gasteiger partial charge in [-0.2, -0.15) is 0 Å². The Morgan fingerprint density at radius 3 is 2.02 bits per heavy atom. The average molecular weight is 624 g/mol. The number of fused-ring (bicyclic) bond motifs is 9. The monoisotopic (exact) mass is 623 g/mol. The molecule has 0 spiro atoms. The van der Waals surface area contributed by atoms with Crippen LogP contribution in [0.2, 0.25) is 0 Å². The van der Waals surface area contributed by atoms with E-state index in [1.807, 2.05) is 34.8 Å². The molecule has 46 heavy (non-hydrogen) atoms. The second kappa shape index (κ2) is 10.0. The van der Waals surface area contributed by atoms with Gasteiger partial charge in [0.05, 0.1) is 16.1 Å². The van der Waals surface area contributed by atoms with Crippen molar-refractivity contribution in [2.75, 3.05) is 4.90 Å². The molecular formula is C42H25NOS2. The van der Waals surface area contributed by atoms with Gasteiger partial charge in [-0.25, -0.2) is 0 Å². The molecule has 0 bridgehead atoms. The van der Waals surface area contributed by atoms with Crippen molar-refractivity contribution in [2.45, 2.75) is 0 Å². The van der Waals surface area contributed by atoms with Crippen LogP contribution >= 0.6 is 22.7 Å². The van der Waals surface area contributed by atoms with Crippen LogP contribution < -0.4 is 4.90 Å². The van der Waals surface area contributed by atoms with Crippen molar-refractivity contribution < 1.29 is 4.42 Å². The van der Waals surface area contributed by atoms with Gasteiger partial charge in [-0.1, -0.05) is 103 Å². The Hall–Kier alpha value is -5.42. The molecule has 0 unspecified atom stereocenters. The number of anilines is 3. The van der Waals surface area contributed by atoms with Gasteiger partial charge in [-0.05, 0) is 59.7 Å². The fraction of sp³-hybridized carbons (Fsp3) is 0. The Bertz CT molecular complexity index is 2770. The maximum Gasteiger partial charge on any atom is 0.135 e. The maximum atomic E-state index is 6.26. The second-order valence-electron chi connectivity index (χ2n) is 11.7. The zero-order valence-corrected chi connectivity index (χ0v) is 26.2. The number of hydrogen-bond acceptors (Lipinski definition) is 4. The van der Waals surface area contributed by atoms with Gasteiger partial charge >= 0.3 is 0 Å². The predicted octanol–water partition coefficient (Wildman–Crippen LogP) is 13.5. The summed E-state index contributed by atoms with van der Waals surface area (Å²) in [5.41, 5.74) is 7.78. The molecule has 216 valence electrons. The fourth-order valence-electron chi connectivity index (χ4n) is 7.03. The molecule has 4 heteroatoms. The van der Waals surface area contributed by atoms with Crippen molar-refractivity contribution in [2.24, 2.45) is 0 Å². The standard InChI is InChI=1S/C42H25NOS2/c1-2-11-26(12-3-1)28-15-8-16-30-31-17-9-19-35(42(31)46-41(28)30)43(27-23-24-37-33(25-27)29-13-4-6-20-36(29)44-37)34-18-10-22-39-40(34)32-14-5-7-21-38(32)45-39/h1-25H. The number of hydrogen-bond donors (Lipinski definition) is 0. The van der Waals surface area contributed by atoms with Gasteiger partial charge < -0.3 is 9.32 Å². The summed E-state index contributed by atoms with van der Waals surface area (Å²) >= 11 is 3.75.